The standard InChI is InChI=1S/C20H16O2.C4H10O2/c21-19(22)20(16-10-4-1-5-11-16,17-12-6-2-7-13-17)18-14-8-3-9-15-18;1-4(2,3)6-5/h1-15H,(H,21,22);5H,1-3H3. The number of hydrogen-bond acceptors (Lipinski definition) is 3. The lowest BCUT2D eigenvalue weighted by Gasteiger charge is -2.31. The van der Waals surface area contributed by atoms with Gasteiger partial charge in [-0.1, -0.05) is 91.0 Å². The smallest absolute Gasteiger partial charge is 0.323 e. The van der Waals surface area contributed by atoms with Crippen molar-refractivity contribution < 1.29 is 20.0 Å². The zero-order valence-electron chi connectivity index (χ0n) is 16.4. The Morgan fingerprint density at radius 3 is 1.11 bits per heavy atom. The van der Waals surface area contributed by atoms with Gasteiger partial charge in [-0.3, -0.25) is 10.1 Å². The normalized spacial score (nSPS) is 11.3. The quantitative estimate of drug-likeness (QED) is 0.363. The third kappa shape index (κ3) is 4.85. The number of benzene rings is 3. The Hall–Kier alpha value is -2.95. The molecule has 0 radical (unpaired) electrons. The van der Waals surface area contributed by atoms with Gasteiger partial charge in [-0.25, -0.2) is 4.89 Å². The molecule has 4 heteroatoms. The lowest BCUT2D eigenvalue weighted by molar-refractivity contribution is -0.306. The summed E-state index contributed by atoms with van der Waals surface area (Å²) in [5, 5.41) is 18.1. The summed E-state index contributed by atoms with van der Waals surface area (Å²) in [4.78, 5) is 16.4. The lowest BCUT2D eigenvalue weighted by Crippen LogP contribution is -2.38. The van der Waals surface area contributed by atoms with Gasteiger partial charge in [0, 0.05) is 0 Å². The largest absolute Gasteiger partial charge is 0.480 e. The van der Waals surface area contributed by atoms with Crippen LogP contribution in [0.2, 0.25) is 0 Å². The molecular formula is C24H26O4. The van der Waals surface area contributed by atoms with Crippen LogP contribution in [0.15, 0.2) is 91.0 Å². The van der Waals surface area contributed by atoms with E-state index < -0.39 is 17.0 Å². The average Bonchev–Trinajstić information content (AvgIpc) is 2.71. The first-order valence-electron chi connectivity index (χ1n) is 9.05. The van der Waals surface area contributed by atoms with E-state index in [1.165, 1.54) is 0 Å². The number of aliphatic carboxylic acids is 1. The molecule has 4 nitrogen and oxygen atoms in total. The topological polar surface area (TPSA) is 66.8 Å². The van der Waals surface area contributed by atoms with Crippen LogP contribution in [0.4, 0.5) is 0 Å². The minimum Gasteiger partial charge on any atom is -0.480 e. The number of carboxylic acids is 1. The molecule has 146 valence electrons. The van der Waals surface area contributed by atoms with Gasteiger partial charge in [-0.15, -0.1) is 0 Å². The van der Waals surface area contributed by atoms with Crippen LogP contribution in [-0.2, 0) is 15.1 Å². The molecule has 0 aliphatic rings. The fourth-order valence-electron chi connectivity index (χ4n) is 2.93. The van der Waals surface area contributed by atoms with Crippen molar-refractivity contribution in [3.05, 3.63) is 108 Å². The van der Waals surface area contributed by atoms with Crippen LogP contribution in [0.5, 0.6) is 0 Å². The van der Waals surface area contributed by atoms with Crippen molar-refractivity contribution in [2.75, 3.05) is 0 Å². The summed E-state index contributed by atoms with van der Waals surface area (Å²) in [7, 11) is 0. The predicted octanol–water partition coefficient (Wildman–Crippen LogP) is 5.38. The molecule has 0 aliphatic heterocycles. The minimum atomic E-state index is -1.20. The highest BCUT2D eigenvalue weighted by Crippen LogP contribution is 2.39. The maximum absolute atomic E-state index is 12.4. The van der Waals surface area contributed by atoms with Crippen molar-refractivity contribution in [2.45, 2.75) is 31.8 Å². The van der Waals surface area contributed by atoms with E-state index in [4.69, 9.17) is 5.26 Å². The van der Waals surface area contributed by atoms with Gasteiger partial charge in [0.2, 0.25) is 0 Å². The van der Waals surface area contributed by atoms with Crippen molar-refractivity contribution >= 4 is 5.97 Å². The van der Waals surface area contributed by atoms with Crippen LogP contribution >= 0.6 is 0 Å². The molecule has 2 N–H and O–H groups in total. The SMILES string of the molecule is CC(C)(C)OO.O=C(O)C(c1ccccc1)(c1ccccc1)c1ccccc1. The molecule has 3 rings (SSSR count). The first-order valence-corrected chi connectivity index (χ1v) is 9.05. The second-order valence-electron chi connectivity index (χ2n) is 7.36. The molecule has 28 heavy (non-hydrogen) atoms. The molecule has 0 saturated carbocycles. The average molecular weight is 378 g/mol. The van der Waals surface area contributed by atoms with Gasteiger partial charge in [-0.05, 0) is 37.5 Å². The van der Waals surface area contributed by atoms with Crippen LogP contribution in [0.1, 0.15) is 37.5 Å². The van der Waals surface area contributed by atoms with Gasteiger partial charge < -0.3 is 5.11 Å². The summed E-state index contributed by atoms with van der Waals surface area (Å²) >= 11 is 0. The molecule has 0 aliphatic carbocycles. The third-order valence-corrected chi connectivity index (χ3v) is 4.22. The minimum absolute atomic E-state index is 0.403. The van der Waals surface area contributed by atoms with Crippen molar-refractivity contribution in [2.24, 2.45) is 0 Å². The molecule has 0 spiro atoms. The fourth-order valence-corrected chi connectivity index (χ4v) is 2.93. The summed E-state index contributed by atoms with van der Waals surface area (Å²) in [6, 6.07) is 28.1. The van der Waals surface area contributed by atoms with E-state index in [0.29, 0.717) is 0 Å². The zero-order valence-corrected chi connectivity index (χ0v) is 16.4. The Balaban J connectivity index is 0.000000409. The van der Waals surface area contributed by atoms with E-state index in [0.717, 1.165) is 16.7 Å². The molecule has 3 aromatic rings. The van der Waals surface area contributed by atoms with E-state index in [2.05, 4.69) is 4.89 Å². The van der Waals surface area contributed by atoms with Crippen LogP contribution in [0, 0.1) is 0 Å². The molecule has 0 aromatic heterocycles. The highest BCUT2D eigenvalue weighted by Gasteiger charge is 2.43. The van der Waals surface area contributed by atoms with Crippen molar-refractivity contribution in [3.63, 3.8) is 0 Å². The second kappa shape index (κ2) is 9.31. The molecule has 3 aromatic carbocycles. The van der Waals surface area contributed by atoms with Gasteiger partial charge in [0.15, 0.2) is 0 Å². The molecule has 0 atom stereocenters. The maximum Gasteiger partial charge on any atom is 0.323 e. The molecule has 0 bridgehead atoms. The van der Waals surface area contributed by atoms with Gasteiger partial charge in [0.1, 0.15) is 5.41 Å². The van der Waals surface area contributed by atoms with E-state index in [1.807, 2.05) is 91.0 Å². The lowest BCUT2D eigenvalue weighted by atomic mass is 9.69. The number of carbonyl (C=O) groups is 1. The third-order valence-electron chi connectivity index (χ3n) is 4.22. The summed E-state index contributed by atoms with van der Waals surface area (Å²) in [6.45, 7) is 5.31. The predicted molar refractivity (Wildman–Crippen MR) is 110 cm³/mol. The zero-order chi connectivity index (χ0) is 20.6. The van der Waals surface area contributed by atoms with Gasteiger partial charge in [-0.2, -0.15) is 0 Å². The van der Waals surface area contributed by atoms with E-state index in [-0.39, 0.29) is 0 Å². The number of hydrogen-bond donors (Lipinski definition) is 2. The first-order chi connectivity index (χ1) is 13.3. The molecule has 0 unspecified atom stereocenters. The summed E-state index contributed by atoms with van der Waals surface area (Å²) < 4.78 is 0. The van der Waals surface area contributed by atoms with E-state index in [9.17, 15) is 9.90 Å². The van der Waals surface area contributed by atoms with Crippen molar-refractivity contribution in [3.8, 4) is 0 Å². The fraction of sp³-hybridized carbons (Fsp3) is 0.208. The Morgan fingerprint density at radius 2 is 0.929 bits per heavy atom. The summed E-state index contributed by atoms with van der Waals surface area (Å²) in [6.07, 6.45) is 0. The van der Waals surface area contributed by atoms with Crippen LogP contribution in [-0.4, -0.2) is 21.9 Å². The van der Waals surface area contributed by atoms with Crippen LogP contribution in [0.3, 0.4) is 0 Å². The van der Waals surface area contributed by atoms with Crippen LogP contribution in [0.25, 0.3) is 0 Å². The second-order valence-corrected chi connectivity index (χ2v) is 7.36. The molecule has 0 saturated heterocycles. The van der Waals surface area contributed by atoms with Crippen molar-refractivity contribution in [1.29, 1.82) is 0 Å². The first kappa shape index (κ1) is 21.4. The highest BCUT2D eigenvalue weighted by atomic mass is 17.1. The highest BCUT2D eigenvalue weighted by molar-refractivity contribution is 5.90. The summed E-state index contributed by atoms with van der Waals surface area (Å²) in [5.41, 5.74) is 0.642. The van der Waals surface area contributed by atoms with Crippen molar-refractivity contribution in [1.82, 2.24) is 0 Å². The van der Waals surface area contributed by atoms with E-state index >= 15 is 0 Å². The maximum atomic E-state index is 12.4. The Morgan fingerprint density at radius 1 is 0.679 bits per heavy atom. The molecular weight excluding hydrogens is 352 g/mol. The summed E-state index contributed by atoms with van der Waals surface area (Å²) in [5.74, 6) is -0.879. The monoisotopic (exact) mass is 378 g/mol. The van der Waals surface area contributed by atoms with Gasteiger partial charge in [0.05, 0.1) is 5.60 Å². The molecule has 0 fully saturated rings. The van der Waals surface area contributed by atoms with Crippen LogP contribution < -0.4 is 0 Å². The Bertz CT molecular complexity index is 757. The van der Waals surface area contributed by atoms with Gasteiger partial charge >= 0.3 is 5.97 Å². The van der Waals surface area contributed by atoms with Gasteiger partial charge in [0.25, 0.3) is 0 Å². The molecule has 0 heterocycles. The van der Waals surface area contributed by atoms with E-state index in [1.54, 1.807) is 20.8 Å². The molecule has 0 amide bonds. The number of carboxylic acid groups (broad SMARTS) is 1. The number of rotatable bonds is 4. The Kier molecular flexibility index (Phi) is 7.10. The Labute approximate surface area is 166 Å².